The summed E-state index contributed by atoms with van der Waals surface area (Å²) in [5.74, 6) is -0.0193. The van der Waals surface area contributed by atoms with Crippen LogP contribution in [0.4, 0.5) is 5.69 Å². The van der Waals surface area contributed by atoms with Crippen molar-refractivity contribution in [1.82, 2.24) is 5.32 Å². The number of anilines is 1. The summed E-state index contributed by atoms with van der Waals surface area (Å²) in [5, 5.41) is 12.2. The van der Waals surface area contributed by atoms with Crippen molar-refractivity contribution < 1.29 is 4.79 Å². The summed E-state index contributed by atoms with van der Waals surface area (Å²) < 4.78 is 0. The molecule has 18 heavy (non-hydrogen) atoms. The maximum atomic E-state index is 11.9. The molecule has 0 aliphatic carbocycles. The Balaban J connectivity index is 2.42. The Labute approximate surface area is 111 Å². The number of carbonyl (C=O) groups is 1. The van der Waals surface area contributed by atoms with E-state index in [2.05, 4.69) is 5.32 Å². The minimum Gasteiger partial charge on any atom is -0.355 e. The van der Waals surface area contributed by atoms with Crippen LogP contribution >= 0.6 is 11.6 Å². The van der Waals surface area contributed by atoms with Crippen molar-refractivity contribution in [3.05, 3.63) is 28.8 Å². The van der Waals surface area contributed by atoms with Crippen molar-refractivity contribution in [1.29, 1.82) is 5.26 Å². The normalized spacial score (nSPS) is 18.1. The molecule has 94 valence electrons. The third-order valence-electron chi connectivity index (χ3n) is 3.22. The van der Waals surface area contributed by atoms with Crippen molar-refractivity contribution in [3.63, 3.8) is 0 Å². The van der Waals surface area contributed by atoms with Gasteiger partial charge in [-0.15, -0.1) is 0 Å². The number of benzene rings is 1. The first kappa shape index (κ1) is 12.7. The van der Waals surface area contributed by atoms with E-state index in [0.29, 0.717) is 23.7 Å². The summed E-state index contributed by atoms with van der Waals surface area (Å²) in [7, 11) is 0. The lowest BCUT2D eigenvalue weighted by molar-refractivity contribution is -0.126. The second kappa shape index (κ2) is 4.51. The van der Waals surface area contributed by atoms with Gasteiger partial charge in [0.15, 0.2) is 0 Å². The zero-order chi connectivity index (χ0) is 13.3. The zero-order valence-electron chi connectivity index (χ0n) is 10.3. The van der Waals surface area contributed by atoms with E-state index in [4.69, 9.17) is 16.9 Å². The standard InChI is InChI=1S/C13H14ClN3O/c1-13(2)12(18)16-5-6-17(13)11-4-3-9(8-15)7-10(11)14/h3-4,7H,5-6H2,1-2H3,(H,16,18). The van der Waals surface area contributed by atoms with Crippen LogP contribution in [0.3, 0.4) is 0 Å². The van der Waals surface area contributed by atoms with Crippen LogP contribution in [0.2, 0.25) is 5.02 Å². The Morgan fingerprint density at radius 1 is 1.50 bits per heavy atom. The number of rotatable bonds is 1. The van der Waals surface area contributed by atoms with Crippen molar-refractivity contribution in [3.8, 4) is 6.07 Å². The van der Waals surface area contributed by atoms with Gasteiger partial charge in [-0.2, -0.15) is 5.26 Å². The molecule has 1 amide bonds. The molecule has 1 aromatic rings. The van der Waals surface area contributed by atoms with Gasteiger partial charge < -0.3 is 10.2 Å². The fourth-order valence-corrected chi connectivity index (χ4v) is 2.40. The number of amides is 1. The highest BCUT2D eigenvalue weighted by Crippen LogP contribution is 2.32. The van der Waals surface area contributed by atoms with Crippen LogP contribution in [0.5, 0.6) is 0 Å². The number of nitrogens with zero attached hydrogens (tertiary/aromatic N) is 2. The molecule has 2 rings (SSSR count). The highest BCUT2D eigenvalue weighted by molar-refractivity contribution is 6.33. The first-order valence-electron chi connectivity index (χ1n) is 5.72. The molecule has 0 radical (unpaired) electrons. The molecule has 1 heterocycles. The van der Waals surface area contributed by atoms with Crippen LogP contribution in [0.1, 0.15) is 19.4 Å². The lowest BCUT2D eigenvalue weighted by Crippen LogP contribution is -2.62. The molecule has 5 heteroatoms. The van der Waals surface area contributed by atoms with Crippen molar-refractivity contribution in [2.75, 3.05) is 18.0 Å². The van der Waals surface area contributed by atoms with Gasteiger partial charge in [0, 0.05) is 13.1 Å². The van der Waals surface area contributed by atoms with E-state index in [-0.39, 0.29) is 5.91 Å². The predicted molar refractivity (Wildman–Crippen MR) is 70.6 cm³/mol. The van der Waals surface area contributed by atoms with Gasteiger partial charge in [-0.25, -0.2) is 0 Å². The molecule has 1 N–H and O–H groups in total. The average Bonchev–Trinajstić information content (AvgIpc) is 2.33. The summed E-state index contributed by atoms with van der Waals surface area (Å²) in [6, 6.07) is 7.17. The van der Waals surface area contributed by atoms with E-state index in [1.54, 1.807) is 18.2 Å². The van der Waals surface area contributed by atoms with Gasteiger partial charge in [0.25, 0.3) is 0 Å². The fraction of sp³-hybridized carbons (Fsp3) is 0.385. The summed E-state index contributed by atoms with van der Waals surface area (Å²) >= 11 is 6.19. The van der Waals surface area contributed by atoms with Crippen LogP contribution in [0, 0.1) is 11.3 Å². The molecule has 0 bridgehead atoms. The SMILES string of the molecule is CC1(C)C(=O)NCCN1c1ccc(C#N)cc1Cl. The fourth-order valence-electron chi connectivity index (χ4n) is 2.12. The molecule has 1 aromatic carbocycles. The van der Waals surface area contributed by atoms with Crippen LogP contribution in [-0.4, -0.2) is 24.5 Å². The van der Waals surface area contributed by atoms with Crippen LogP contribution in [0.25, 0.3) is 0 Å². The first-order valence-corrected chi connectivity index (χ1v) is 6.10. The number of hydrogen-bond donors (Lipinski definition) is 1. The predicted octanol–water partition coefficient (Wildman–Crippen LogP) is 1.93. The number of carbonyl (C=O) groups excluding carboxylic acids is 1. The van der Waals surface area contributed by atoms with E-state index in [1.807, 2.05) is 24.8 Å². The lowest BCUT2D eigenvalue weighted by atomic mass is 9.97. The summed E-state index contributed by atoms with van der Waals surface area (Å²) in [4.78, 5) is 13.9. The molecule has 0 atom stereocenters. The van der Waals surface area contributed by atoms with Gasteiger partial charge in [-0.3, -0.25) is 4.79 Å². The maximum Gasteiger partial charge on any atom is 0.245 e. The summed E-state index contributed by atoms with van der Waals surface area (Å²) in [6.45, 7) is 5.01. The molecule has 1 fully saturated rings. The molecule has 0 saturated carbocycles. The van der Waals surface area contributed by atoms with E-state index in [1.165, 1.54) is 0 Å². The van der Waals surface area contributed by atoms with Crippen LogP contribution in [0.15, 0.2) is 18.2 Å². The summed E-state index contributed by atoms with van der Waals surface area (Å²) in [6.07, 6.45) is 0. The van der Waals surface area contributed by atoms with E-state index >= 15 is 0 Å². The Bertz CT molecular complexity index is 534. The lowest BCUT2D eigenvalue weighted by Gasteiger charge is -2.43. The monoisotopic (exact) mass is 263 g/mol. The Kier molecular flexibility index (Phi) is 3.18. The quantitative estimate of drug-likeness (QED) is 0.842. The molecule has 0 aromatic heterocycles. The molecular weight excluding hydrogens is 250 g/mol. The van der Waals surface area contributed by atoms with E-state index < -0.39 is 5.54 Å². The number of halogens is 1. The van der Waals surface area contributed by atoms with Crippen LogP contribution in [-0.2, 0) is 4.79 Å². The molecule has 0 unspecified atom stereocenters. The third-order valence-corrected chi connectivity index (χ3v) is 3.52. The van der Waals surface area contributed by atoms with Gasteiger partial charge >= 0.3 is 0 Å². The largest absolute Gasteiger partial charge is 0.355 e. The van der Waals surface area contributed by atoms with Crippen molar-refractivity contribution >= 4 is 23.2 Å². The molecular formula is C13H14ClN3O. The van der Waals surface area contributed by atoms with Crippen molar-refractivity contribution in [2.24, 2.45) is 0 Å². The second-order valence-electron chi connectivity index (χ2n) is 4.74. The third kappa shape index (κ3) is 2.02. The van der Waals surface area contributed by atoms with Crippen LogP contribution < -0.4 is 10.2 Å². The molecule has 1 aliphatic rings. The first-order chi connectivity index (χ1) is 8.46. The molecule has 1 aliphatic heterocycles. The average molecular weight is 264 g/mol. The van der Waals surface area contributed by atoms with Gasteiger partial charge in [-0.05, 0) is 32.0 Å². The smallest absolute Gasteiger partial charge is 0.245 e. The highest BCUT2D eigenvalue weighted by Gasteiger charge is 2.38. The number of hydrogen-bond acceptors (Lipinski definition) is 3. The summed E-state index contributed by atoms with van der Waals surface area (Å²) in [5.41, 5.74) is 0.661. The number of nitriles is 1. The second-order valence-corrected chi connectivity index (χ2v) is 5.15. The zero-order valence-corrected chi connectivity index (χ0v) is 11.1. The Morgan fingerprint density at radius 3 is 2.83 bits per heavy atom. The van der Waals surface area contributed by atoms with Gasteiger partial charge in [0.2, 0.25) is 5.91 Å². The maximum absolute atomic E-state index is 11.9. The molecule has 1 saturated heterocycles. The van der Waals surface area contributed by atoms with Gasteiger partial charge in [0.1, 0.15) is 5.54 Å². The van der Waals surface area contributed by atoms with E-state index in [9.17, 15) is 4.79 Å². The van der Waals surface area contributed by atoms with Gasteiger partial charge in [0.05, 0.1) is 22.3 Å². The van der Waals surface area contributed by atoms with Crippen molar-refractivity contribution in [2.45, 2.75) is 19.4 Å². The minimum absolute atomic E-state index is 0.0193. The minimum atomic E-state index is -0.643. The topological polar surface area (TPSA) is 56.1 Å². The number of piperazine rings is 1. The van der Waals surface area contributed by atoms with Gasteiger partial charge in [-0.1, -0.05) is 11.6 Å². The molecule has 4 nitrogen and oxygen atoms in total. The number of nitrogens with one attached hydrogen (secondary N) is 1. The molecule has 0 spiro atoms. The Morgan fingerprint density at radius 2 is 2.22 bits per heavy atom. The van der Waals surface area contributed by atoms with E-state index in [0.717, 1.165) is 5.69 Å². The highest BCUT2D eigenvalue weighted by atomic mass is 35.5. The Hall–Kier alpha value is -1.73.